The molecule has 0 fully saturated rings. The third-order valence-electron chi connectivity index (χ3n) is 4.19. The van der Waals surface area contributed by atoms with Crippen LogP contribution in [0.1, 0.15) is 5.56 Å². The lowest BCUT2D eigenvalue weighted by molar-refractivity contribution is 0.188. The van der Waals surface area contributed by atoms with Gasteiger partial charge in [-0.3, -0.25) is 0 Å². The lowest BCUT2D eigenvalue weighted by Crippen LogP contribution is -2.28. The Labute approximate surface area is 152 Å². The Bertz CT molecular complexity index is 872. The maximum atomic E-state index is 12.3. The predicted octanol–water partition coefficient (Wildman–Crippen LogP) is 3.62. The molecule has 136 valence electrons. The number of methoxy groups -OCH3 is 2. The number of ether oxygens (including phenoxy) is 2. The highest BCUT2D eigenvalue weighted by Crippen LogP contribution is 2.25. The number of nitrogens with zero attached hydrogens (tertiary/aromatic N) is 1. The molecule has 6 nitrogen and oxygen atoms in total. The number of aromatic nitrogens is 1. The fourth-order valence-electron chi connectivity index (χ4n) is 2.81. The van der Waals surface area contributed by atoms with Gasteiger partial charge in [-0.15, -0.1) is 0 Å². The van der Waals surface area contributed by atoms with Crippen LogP contribution in [-0.2, 0) is 17.8 Å². The molecule has 0 unspecified atom stereocenters. The summed E-state index contributed by atoms with van der Waals surface area (Å²) in [4.78, 5) is 12.3. The number of rotatable bonds is 7. The number of hydrogen-bond donors (Lipinski definition) is 2. The van der Waals surface area contributed by atoms with E-state index in [9.17, 15) is 4.79 Å². The third kappa shape index (κ3) is 4.15. The molecule has 2 amide bonds. The number of anilines is 1. The van der Waals surface area contributed by atoms with E-state index in [2.05, 4.69) is 15.2 Å². The first kappa shape index (κ1) is 17.8. The molecule has 3 aromatic rings. The van der Waals surface area contributed by atoms with Gasteiger partial charge < -0.3 is 24.7 Å². The number of fused-ring (bicyclic) bond motifs is 1. The van der Waals surface area contributed by atoms with E-state index >= 15 is 0 Å². The monoisotopic (exact) mass is 353 g/mol. The van der Waals surface area contributed by atoms with Gasteiger partial charge in [0.2, 0.25) is 0 Å². The molecular formula is C20H23N3O3. The van der Waals surface area contributed by atoms with E-state index in [1.54, 1.807) is 14.2 Å². The number of nitrogens with one attached hydrogen (secondary N) is 2. The first-order valence-electron chi connectivity index (χ1n) is 8.46. The van der Waals surface area contributed by atoms with Crippen LogP contribution in [0.15, 0.2) is 54.7 Å². The zero-order chi connectivity index (χ0) is 18.4. The molecule has 0 radical (unpaired) electrons. The highest BCUT2D eigenvalue weighted by atomic mass is 16.5. The molecule has 0 aliphatic heterocycles. The first-order valence-corrected chi connectivity index (χ1v) is 8.46. The van der Waals surface area contributed by atoms with Crippen molar-refractivity contribution in [3.8, 4) is 5.75 Å². The van der Waals surface area contributed by atoms with Gasteiger partial charge in [-0.05, 0) is 23.8 Å². The summed E-state index contributed by atoms with van der Waals surface area (Å²) in [6.45, 7) is 1.78. The van der Waals surface area contributed by atoms with Gasteiger partial charge >= 0.3 is 6.03 Å². The zero-order valence-electron chi connectivity index (χ0n) is 15.0. The molecule has 0 saturated heterocycles. The van der Waals surface area contributed by atoms with Crippen molar-refractivity contribution in [3.63, 3.8) is 0 Å². The summed E-state index contributed by atoms with van der Waals surface area (Å²) in [5, 5.41) is 6.82. The lowest BCUT2D eigenvalue weighted by Gasteiger charge is -2.07. The number of carbonyl (C=O) groups is 1. The Kier molecular flexibility index (Phi) is 5.76. The van der Waals surface area contributed by atoms with Crippen LogP contribution in [0.2, 0.25) is 0 Å². The second kappa shape index (κ2) is 8.40. The van der Waals surface area contributed by atoms with Gasteiger partial charge in [0.25, 0.3) is 0 Å². The summed E-state index contributed by atoms with van der Waals surface area (Å²) in [5.41, 5.74) is 2.85. The van der Waals surface area contributed by atoms with Crippen molar-refractivity contribution in [2.75, 3.05) is 26.1 Å². The van der Waals surface area contributed by atoms with Crippen LogP contribution in [0.25, 0.3) is 10.9 Å². The van der Waals surface area contributed by atoms with Gasteiger partial charge in [0, 0.05) is 31.8 Å². The molecule has 2 aromatic carbocycles. The molecule has 3 rings (SSSR count). The minimum absolute atomic E-state index is 0.240. The van der Waals surface area contributed by atoms with E-state index in [1.165, 1.54) is 0 Å². The second-order valence-corrected chi connectivity index (χ2v) is 5.90. The Morgan fingerprint density at radius 2 is 1.85 bits per heavy atom. The average Bonchev–Trinajstić information content (AvgIpc) is 3.03. The second-order valence-electron chi connectivity index (χ2n) is 5.90. The predicted molar refractivity (Wildman–Crippen MR) is 103 cm³/mol. The minimum Gasteiger partial charge on any atom is -0.497 e. The van der Waals surface area contributed by atoms with Gasteiger partial charge in [0.15, 0.2) is 0 Å². The standard InChI is InChI=1S/C20H23N3O3/c1-25-12-11-23-14-18(17-5-3-4-6-19(17)23)22-20(24)21-13-15-7-9-16(26-2)10-8-15/h3-10,14H,11-13H2,1-2H3,(H2,21,22,24). The smallest absolute Gasteiger partial charge is 0.319 e. The lowest BCUT2D eigenvalue weighted by atomic mass is 10.2. The van der Waals surface area contributed by atoms with Gasteiger partial charge in [0.1, 0.15) is 5.75 Å². The Balaban J connectivity index is 1.66. The first-order chi connectivity index (χ1) is 12.7. The molecule has 6 heteroatoms. The number of amides is 2. The van der Waals surface area contributed by atoms with Crippen LogP contribution in [0.3, 0.4) is 0 Å². The molecule has 0 bridgehead atoms. The molecule has 0 aliphatic rings. The maximum Gasteiger partial charge on any atom is 0.319 e. The van der Waals surface area contributed by atoms with Crippen molar-refractivity contribution in [2.45, 2.75) is 13.1 Å². The van der Waals surface area contributed by atoms with Gasteiger partial charge in [-0.2, -0.15) is 0 Å². The van der Waals surface area contributed by atoms with Crippen LogP contribution in [-0.4, -0.2) is 31.4 Å². The largest absolute Gasteiger partial charge is 0.497 e. The number of benzene rings is 2. The summed E-state index contributed by atoms with van der Waals surface area (Å²) in [7, 11) is 3.31. The van der Waals surface area contributed by atoms with E-state index in [0.29, 0.717) is 13.2 Å². The third-order valence-corrected chi connectivity index (χ3v) is 4.19. The van der Waals surface area contributed by atoms with E-state index in [-0.39, 0.29) is 6.03 Å². The van der Waals surface area contributed by atoms with E-state index in [1.807, 2.05) is 54.7 Å². The van der Waals surface area contributed by atoms with E-state index in [0.717, 1.165) is 34.4 Å². The molecule has 0 saturated carbocycles. The van der Waals surface area contributed by atoms with Crippen LogP contribution < -0.4 is 15.4 Å². The Morgan fingerprint density at radius 3 is 2.58 bits per heavy atom. The van der Waals surface area contributed by atoms with Crippen molar-refractivity contribution < 1.29 is 14.3 Å². The van der Waals surface area contributed by atoms with Crippen molar-refractivity contribution in [2.24, 2.45) is 0 Å². The topological polar surface area (TPSA) is 64.5 Å². The fraction of sp³-hybridized carbons (Fsp3) is 0.250. The van der Waals surface area contributed by atoms with Gasteiger partial charge in [-0.1, -0.05) is 30.3 Å². The van der Waals surface area contributed by atoms with Crippen molar-refractivity contribution in [3.05, 3.63) is 60.3 Å². The van der Waals surface area contributed by atoms with Crippen molar-refractivity contribution >= 4 is 22.6 Å². The zero-order valence-corrected chi connectivity index (χ0v) is 15.0. The number of carbonyl (C=O) groups excluding carboxylic acids is 1. The molecule has 0 aliphatic carbocycles. The van der Waals surface area contributed by atoms with E-state index < -0.39 is 0 Å². The van der Waals surface area contributed by atoms with Gasteiger partial charge in [0.05, 0.1) is 24.9 Å². The van der Waals surface area contributed by atoms with Crippen LogP contribution in [0.5, 0.6) is 5.75 Å². The summed E-state index contributed by atoms with van der Waals surface area (Å²) in [6, 6.07) is 15.3. The number of para-hydroxylation sites is 1. The van der Waals surface area contributed by atoms with E-state index in [4.69, 9.17) is 9.47 Å². The highest BCUT2D eigenvalue weighted by molar-refractivity contribution is 6.01. The molecule has 1 aromatic heterocycles. The maximum absolute atomic E-state index is 12.3. The SMILES string of the molecule is COCCn1cc(NC(=O)NCc2ccc(OC)cc2)c2ccccc21. The Hall–Kier alpha value is -2.99. The summed E-state index contributed by atoms with van der Waals surface area (Å²) >= 11 is 0. The van der Waals surface area contributed by atoms with Crippen molar-refractivity contribution in [1.82, 2.24) is 9.88 Å². The van der Waals surface area contributed by atoms with Crippen molar-refractivity contribution in [1.29, 1.82) is 0 Å². The van der Waals surface area contributed by atoms with Crippen LogP contribution >= 0.6 is 0 Å². The molecule has 0 spiro atoms. The van der Waals surface area contributed by atoms with Crippen LogP contribution in [0, 0.1) is 0 Å². The van der Waals surface area contributed by atoms with Crippen LogP contribution in [0.4, 0.5) is 10.5 Å². The fourth-order valence-corrected chi connectivity index (χ4v) is 2.81. The summed E-state index contributed by atoms with van der Waals surface area (Å²) in [6.07, 6.45) is 1.94. The normalized spacial score (nSPS) is 10.7. The summed E-state index contributed by atoms with van der Waals surface area (Å²) < 4.78 is 12.4. The molecule has 26 heavy (non-hydrogen) atoms. The summed E-state index contributed by atoms with van der Waals surface area (Å²) in [5.74, 6) is 0.794. The minimum atomic E-state index is -0.240. The Morgan fingerprint density at radius 1 is 1.08 bits per heavy atom. The number of hydrogen-bond acceptors (Lipinski definition) is 3. The quantitative estimate of drug-likeness (QED) is 0.682. The van der Waals surface area contributed by atoms with Gasteiger partial charge in [-0.25, -0.2) is 4.79 Å². The number of urea groups is 1. The molecule has 2 N–H and O–H groups in total. The highest BCUT2D eigenvalue weighted by Gasteiger charge is 2.10. The average molecular weight is 353 g/mol. The molecular weight excluding hydrogens is 330 g/mol. The molecule has 0 atom stereocenters. The molecule has 1 heterocycles.